The minimum absolute atomic E-state index is 0.277. The minimum Gasteiger partial charge on any atom is -0.424 e. The lowest BCUT2D eigenvalue weighted by Gasteiger charge is -2.15. The van der Waals surface area contributed by atoms with Gasteiger partial charge in [-0.25, -0.2) is 0 Å². The summed E-state index contributed by atoms with van der Waals surface area (Å²) in [6, 6.07) is 0.277. The zero-order valence-electron chi connectivity index (χ0n) is 10.0. The van der Waals surface area contributed by atoms with Crippen LogP contribution in [-0.2, 0) is 13.0 Å². The van der Waals surface area contributed by atoms with Gasteiger partial charge in [0.2, 0.25) is 11.8 Å². The van der Waals surface area contributed by atoms with Crippen molar-refractivity contribution in [3.05, 3.63) is 11.8 Å². The molecule has 1 aromatic heterocycles. The molecule has 0 aliphatic carbocycles. The van der Waals surface area contributed by atoms with Crippen LogP contribution in [0.3, 0.4) is 0 Å². The van der Waals surface area contributed by atoms with Gasteiger partial charge in [-0.2, -0.15) is 0 Å². The molecule has 5 nitrogen and oxygen atoms in total. The summed E-state index contributed by atoms with van der Waals surface area (Å²) >= 11 is 0. The van der Waals surface area contributed by atoms with Gasteiger partial charge in [0.1, 0.15) is 0 Å². The van der Waals surface area contributed by atoms with Crippen molar-refractivity contribution >= 4 is 0 Å². The zero-order chi connectivity index (χ0) is 11.5. The summed E-state index contributed by atoms with van der Waals surface area (Å²) in [6.07, 6.45) is 1.97. The lowest BCUT2D eigenvalue weighted by atomic mass is 10.0. The number of hydrogen-bond donors (Lipinski definition) is 1. The van der Waals surface area contributed by atoms with E-state index in [-0.39, 0.29) is 6.04 Å². The largest absolute Gasteiger partial charge is 0.424 e. The Morgan fingerprint density at radius 1 is 1.50 bits per heavy atom. The van der Waals surface area contributed by atoms with Gasteiger partial charge >= 0.3 is 0 Å². The van der Waals surface area contributed by atoms with Gasteiger partial charge in [0.05, 0.1) is 6.54 Å². The number of hydrogen-bond acceptors (Lipinski definition) is 5. The molecule has 0 bridgehead atoms. The highest BCUT2D eigenvalue weighted by molar-refractivity contribution is 4.86. The van der Waals surface area contributed by atoms with Crippen molar-refractivity contribution in [2.75, 3.05) is 13.1 Å². The van der Waals surface area contributed by atoms with Crippen molar-refractivity contribution in [1.82, 2.24) is 15.1 Å². The van der Waals surface area contributed by atoms with Crippen LogP contribution >= 0.6 is 0 Å². The fourth-order valence-corrected chi connectivity index (χ4v) is 2.12. The molecule has 1 aromatic rings. The Bertz CT molecular complexity index is 336. The van der Waals surface area contributed by atoms with Crippen molar-refractivity contribution in [3.8, 4) is 0 Å². The molecule has 1 aliphatic heterocycles. The predicted octanol–water partition coefficient (Wildman–Crippen LogP) is 0.801. The summed E-state index contributed by atoms with van der Waals surface area (Å²) in [5.74, 6) is 2.05. The number of nitrogens with zero attached hydrogens (tertiary/aromatic N) is 3. The number of rotatable bonds is 4. The Hall–Kier alpha value is -0.940. The number of likely N-dealkylation sites (tertiary alicyclic amines) is 1. The number of aryl methyl sites for hydroxylation is 1. The van der Waals surface area contributed by atoms with Gasteiger partial charge < -0.3 is 10.2 Å². The average molecular weight is 224 g/mol. The molecular weight excluding hydrogens is 204 g/mol. The minimum atomic E-state index is 0.277. The van der Waals surface area contributed by atoms with Crippen molar-refractivity contribution in [3.63, 3.8) is 0 Å². The molecule has 2 rings (SSSR count). The number of nitrogens with two attached hydrogens (primary N) is 1. The first-order valence-corrected chi connectivity index (χ1v) is 5.98. The second kappa shape index (κ2) is 4.93. The Kier molecular flexibility index (Phi) is 3.56. The van der Waals surface area contributed by atoms with Crippen LogP contribution in [-0.4, -0.2) is 34.2 Å². The molecule has 0 aromatic carbocycles. The summed E-state index contributed by atoms with van der Waals surface area (Å²) in [5, 5.41) is 7.99. The highest BCUT2D eigenvalue weighted by atomic mass is 16.4. The van der Waals surface area contributed by atoms with Crippen molar-refractivity contribution in [2.24, 2.45) is 11.7 Å². The van der Waals surface area contributed by atoms with Gasteiger partial charge in [0.15, 0.2) is 0 Å². The fourth-order valence-electron chi connectivity index (χ4n) is 2.12. The van der Waals surface area contributed by atoms with Crippen molar-refractivity contribution in [2.45, 2.75) is 39.3 Å². The maximum atomic E-state index is 5.90. The van der Waals surface area contributed by atoms with Gasteiger partial charge in [-0.15, -0.1) is 10.2 Å². The molecule has 1 aliphatic rings. The van der Waals surface area contributed by atoms with Crippen LogP contribution in [0.1, 0.15) is 32.0 Å². The summed E-state index contributed by atoms with van der Waals surface area (Å²) in [4.78, 5) is 2.33. The molecule has 2 heterocycles. The maximum absolute atomic E-state index is 5.90. The first-order valence-electron chi connectivity index (χ1n) is 5.98. The molecule has 0 amide bonds. The van der Waals surface area contributed by atoms with Gasteiger partial charge in [0.25, 0.3) is 0 Å². The quantitative estimate of drug-likeness (QED) is 0.819. The van der Waals surface area contributed by atoms with E-state index in [9.17, 15) is 0 Å². The Morgan fingerprint density at radius 3 is 2.81 bits per heavy atom. The lowest BCUT2D eigenvalue weighted by molar-refractivity contribution is 0.272. The molecule has 16 heavy (non-hydrogen) atoms. The molecule has 0 saturated carbocycles. The van der Waals surface area contributed by atoms with Crippen LogP contribution in [0, 0.1) is 5.92 Å². The van der Waals surface area contributed by atoms with E-state index >= 15 is 0 Å². The van der Waals surface area contributed by atoms with Crippen LogP contribution < -0.4 is 5.73 Å². The predicted molar refractivity (Wildman–Crippen MR) is 60.7 cm³/mol. The molecule has 1 saturated heterocycles. The first-order chi connectivity index (χ1) is 7.69. The Labute approximate surface area is 96.0 Å². The van der Waals surface area contributed by atoms with E-state index in [4.69, 9.17) is 10.2 Å². The van der Waals surface area contributed by atoms with E-state index in [0.29, 0.717) is 5.92 Å². The second-order valence-corrected chi connectivity index (χ2v) is 4.59. The molecule has 5 heteroatoms. The second-order valence-electron chi connectivity index (χ2n) is 4.59. The highest BCUT2D eigenvalue weighted by Gasteiger charge is 2.26. The van der Waals surface area contributed by atoms with E-state index in [1.807, 2.05) is 6.92 Å². The van der Waals surface area contributed by atoms with E-state index in [2.05, 4.69) is 22.0 Å². The van der Waals surface area contributed by atoms with E-state index < -0.39 is 0 Å². The summed E-state index contributed by atoms with van der Waals surface area (Å²) < 4.78 is 5.50. The van der Waals surface area contributed by atoms with E-state index in [1.165, 1.54) is 6.42 Å². The summed E-state index contributed by atoms with van der Waals surface area (Å²) in [7, 11) is 0. The smallest absolute Gasteiger partial charge is 0.230 e. The SMILES string of the molecule is CCc1nnc(CN2CCC(C(C)N)C2)o1. The Balaban J connectivity index is 1.87. The van der Waals surface area contributed by atoms with E-state index in [1.54, 1.807) is 0 Å². The third-order valence-electron chi connectivity index (χ3n) is 3.22. The molecular formula is C11H20N4O. The fraction of sp³-hybridized carbons (Fsp3) is 0.818. The topological polar surface area (TPSA) is 68.2 Å². The maximum Gasteiger partial charge on any atom is 0.230 e. The van der Waals surface area contributed by atoms with Gasteiger partial charge in [-0.3, -0.25) is 4.90 Å². The summed E-state index contributed by atoms with van der Waals surface area (Å²) in [6.45, 7) is 6.98. The van der Waals surface area contributed by atoms with Gasteiger partial charge in [-0.05, 0) is 25.8 Å². The van der Waals surface area contributed by atoms with Crippen LogP contribution in [0.2, 0.25) is 0 Å². The van der Waals surface area contributed by atoms with Crippen molar-refractivity contribution < 1.29 is 4.42 Å². The van der Waals surface area contributed by atoms with Crippen LogP contribution in [0.25, 0.3) is 0 Å². The van der Waals surface area contributed by atoms with Crippen LogP contribution in [0.15, 0.2) is 4.42 Å². The zero-order valence-corrected chi connectivity index (χ0v) is 10.0. The highest BCUT2D eigenvalue weighted by Crippen LogP contribution is 2.20. The monoisotopic (exact) mass is 224 g/mol. The molecule has 2 unspecified atom stereocenters. The first kappa shape index (κ1) is 11.5. The molecule has 0 spiro atoms. The van der Waals surface area contributed by atoms with Crippen molar-refractivity contribution in [1.29, 1.82) is 0 Å². The van der Waals surface area contributed by atoms with Gasteiger partial charge in [0, 0.05) is 19.0 Å². The molecule has 1 fully saturated rings. The third kappa shape index (κ3) is 2.59. The normalized spacial score (nSPS) is 23.8. The molecule has 2 N–H and O–H groups in total. The lowest BCUT2D eigenvalue weighted by Crippen LogP contribution is -2.29. The average Bonchev–Trinajstić information content (AvgIpc) is 2.87. The Morgan fingerprint density at radius 2 is 2.25 bits per heavy atom. The standard InChI is InChI=1S/C11H20N4O/c1-3-10-13-14-11(16-10)7-15-5-4-9(6-15)8(2)12/h8-9H,3-7,12H2,1-2H3. The third-order valence-corrected chi connectivity index (χ3v) is 3.22. The van der Waals surface area contributed by atoms with E-state index in [0.717, 1.165) is 37.8 Å². The molecule has 0 radical (unpaired) electrons. The van der Waals surface area contributed by atoms with Gasteiger partial charge in [-0.1, -0.05) is 6.92 Å². The summed E-state index contributed by atoms with van der Waals surface area (Å²) in [5.41, 5.74) is 5.90. The molecule has 90 valence electrons. The number of aromatic nitrogens is 2. The van der Waals surface area contributed by atoms with Crippen LogP contribution in [0.4, 0.5) is 0 Å². The molecule has 2 atom stereocenters. The van der Waals surface area contributed by atoms with Crippen LogP contribution in [0.5, 0.6) is 0 Å².